The van der Waals surface area contributed by atoms with E-state index in [9.17, 15) is 19.2 Å². The summed E-state index contributed by atoms with van der Waals surface area (Å²) < 4.78 is 0. The van der Waals surface area contributed by atoms with Crippen molar-refractivity contribution in [1.82, 2.24) is 10.2 Å². The number of carbonyl (C=O) groups excluding carboxylic acids is 3. The summed E-state index contributed by atoms with van der Waals surface area (Å²) >= 11 is 0. The maximum atomic E-state index is 12.6. The Morgan fingerprint density at radius 1 is 1.00 bits per heavy atom. The average molecular weight is 380 g/mol. The van der Waals surface area contributed by atoms with E-state index in [1.807, 2.05) is 54.6 Å². The second kappa shape index (κ2) is 8.04. The van der Waals surface area contributed by atoms with Crippen LogP contribution >= 0.6 is 0 Å². The minimum Gasteiger partial charge on any atom is -0.480 e. The first-order valence-corrected chi connectivity index (χ1v) is 8.86. The summed E-state index contributed by atoms with van der Waals surface area (Å²) in [4.78, 5) is 49.0. The number of carboxylic acid groups (broad SMARTS) is 1. The van der Waals surface area contributed by atoms with Gasteiger partial charge in [0, 0.05) is 6.54 Å². The predicted octanol–water partition coefficient (Wildman–Crippen LogP) is 1.47. The number of rotatable bonds is 6. The van der Waals surface area contributed by atoms with Crippen molar-refractivity contribution in [2.24, 2.45) is 5.92 Å². The van der Waals surface area contributed by atoms with Gasteiger partial charge >= 0.3 is 5.97 Å². The molecule has 2 aromatic rings. The Hall–Kier alpha value is -3.48. The van der Waals surface area contributed by atoms with Crippen LogP contribution in [0.3, 0.4) is 0 Å². The summed E-state index contributed by atoms with van der Waals surface area (Å²) in [5.74, 6) is -4.72. The van der Waals surface area contributed by atoms with Crippen molar-refractivity contribution in [1.29, 1.82) is 0 Å². The molecule has 0 saturated carbocycles. The summed E-state index contributed by atoms with van der Waals surface area (Å²) in [5.41, 5.74) is 2.94. The van der Waals surface area contributed by atoms with Gasteiger partial charge in [-0.15, -0.1) is 0 Å². The van der Waals surface area contributed by atoms with Gasteiger partial charge < -0.3 is 15.3 Å². The molecular weight excluding hydrogens is 360 g/mol. The lowest BCUT2D eigenvalue weighted by Crippen LogP contribution is -2.40. The van der Waals surface area contributed by atoms with Crippen molar-refractivity contribution in [2.45, 2.75) is 19.5 Å². The number of ketones is 1. The van der Waals surface area contributed by atoms with E-state index in [1.54, 1.807) is 6.92 Å². The van der Waals surface area contributed by atoms with Gasteiger partial charge in [0.2, 0.25) is 11.8 Å². The number of hydrogen-bond donors (Lipinski definition) is 2. The van der Waals surface area contributed by atoms with Gasteiger partial charge in [0.25, 0.3) is 0 Å². The van der Waals surface area contributed by atoms with E-state index in [4.69, 9.17) is 5.11 Å². The van der Waals surface area contributed by atoms with Crippen LogP contribution in [0.4, 0.5) is 0 Å². The highest BCUT2D eigenvalue weighted by molar-refractivity contribution is 6.23. The topological polar surface area (TPSA) is 104 Å². The predicted molar refractivity (Wildman–Crippen MR) is 101 cm³/mol. The third-order valence-corrected chi connectivity index (χ3v) is 4.78. The highest BCUT2D eigenvalue weighted by atomic mass is 16.4. The number of nitrogens with zero attached hydrogens (tertiary/aromatic N) is 1. The van der Waals surface area contributed by atoms with Crippen molar-refractivity contribution >= 4 is 23.6 Å². The van der Waals surface area contributed by atoms with Crippen molar-refractivity contribution in [2.75, 3.05) is 6.54 Å². The maximum absolute atomic E-state index is 12.6. The van der Waals surface area contributed by atoms with Crippen LogP contribution in [0.15, 0.2) is 54.6 Å². The zero-order valence-electron chi connectivity index (χ0n) is 15.3. The van der Waals surface area contributed by atoms with E-state index in [0.717, 1.165) is 16.7 Å². The van der Waals surface area contributed by atoms with Crippen LogP contribution < -0.4 is 5.32 Å². The largest absolute Gasteiger partial charge is 0.480 e. The molecular formula is C21H20N2O5. The molecule has 2 amide bonds. The molecule has 0 aromatic heterocycles. The normalized spacial score (nSPS) is 19.0. The number of likely N-dealkylation sites (tertiary alicyclic amines) is 1. The first kappa shape index (κ1) is 19.3. The summed E-state index contributed by atoms with van der Waals surface area (Å²) in [6.07, 6.45) is 0. The standard InChI is InChI=1S/C21H20N2O5/c1-13-19(26)18(20(27)22-11-17(24)25)21(28)23(13)12-14-7-9-16(10-8-14)15-5-3-2-4-6-15/h2-10,13,18H,11-12H2,1H3,(H,22,27)(H,24,25). The summed E-state index contributed by atoms with van der Waals surface area (Å²) in [6, 6.07) is 16.7. The average Bonchev–Trinajstić information content (AvgIpc) is 2.91. The first-order chi connectivity index (χ1) is 13.4. The van der Waals surface area contributed by atoms with Crippen LogP contribution in [0, 0.1) is 5.92 Å². The number of benzene rings is 2. The van der Waals surface area contributed by atoms with E-state index in [0.29, 0.717) is 0 Å². The molecule has 7 nitrogen and oxygen atoms in total. The van der Waals surface area contributed by atoms with Crippen molar-refractivity contribution in [3.63, 3.8) is 0 Å². The Balaban J connectivity index is 1.71. The van der Waals surface area contributed by atoms with Gasteiger partial charge in [-0.2, -0.15) is 0 Å². The van der Waals surface area contributed by atoms with E-state index in [-0.39, 0.29) is 6.54 Å². The Morgan fingerprint density at radius 3 is 2.21 bits per heavy atom. The van der Waals surface area contributed by atoms with Gasteiger partial charge in [0.15, 0.2) is 11.7 Å². The molecule has 1 aliphatic rings. The zero-order chi connectivity index (χ0) is 20.3. The lowest BCUT2D eigenvalue weighted by molar-refractivity contribution is -0.143. The molecule has 0 bridgehead atoms. The fourth-order valence-electron chi connectivity index (χ4n) is 3.22. The van der Waals surface area contributed by atoms with Gasteiger partial charge in [0.05, 0.1) is 6.04 Å². The second-order valence-electron chi connectivity index (χ2n) is 6.65. The van der Waals surface area contributed by atoms with Gasteiger partial charge in [-0.05, 0) is 23.6 Å². The number of aliphatic carboxylic acids is 1. The molecule has 2 atom stereocenters. The third kappa shape index (κ3) is 3.93. The monoisotopic (exact) mass is 380 g/mol. The molecule has 144 valence electrons. The molecule has 2 aromatic carbocycles. The lowest BCUT2D eigenvalue weighted by atomic mass is 10.0. The van der Waals surface area contributed by atoms with Crippen molar-refractivity contribution in [3.8, 4) is 11.1 Å². The van der Waals surface area contributed by atoms with Crippen LogP contribution in [-0.2, 0) is 25.7 Å². The molecule has 0 spiro atoms. The SMILES string of the molecule is CC1C(=O)C(C(=O)NCC(=O)O)C(=O)N1Cc1ccc(-c2ccccc2)cc1. The number of carboxylic acids is 1. The molecule has 3 rings (SSSR count). The highest BCUT2D eigenvalue weighted by Gasteiger charge is 2.48. The van der Waals surface area contributed by atoms with Crippen LogP contribution in [-0.4, -0.2) is 46.2 Å². The Morgan fingerprint density at radius 2 is 1.61 bits per heavy atom. The van der Waals surface area contributed by atoms with E-state index in [1.165, 1.54) is 4.90 Å². The lowest BCUT2D eigenvalue weighted by Gasteiger charge is -2.20. The minimum atomic E-state index is -1.49. The summed E-state index contributed by atoms with van der Waals surface area (Å²) in [6.45, 7) is 1.14. The van der Waals surface area contributed by atoms with Gasteiger partial charge in [-0.25, -0.2) is 0 Å². The summed E-state index contributed by atoms with van der Waals surface area (Å²) in [7, 11) is 0. The number of carbonyl (C=O) groups is 4. The fourth-order valence-corrected chi connectivity index (χ4v) is 3.22. The highest BCUT2D eigenvalue weighted by Crippen LogP contribution is 2.25. The quantitative estimate of drug-likeness (QED) is 0.739. The molecule has 7 heteroatoms. The van der Waals surface area contributed by atoms with E-state index < -0.39 is 42.1 Å². The molecule has 2 N–H and O–H groups in total. The smallest absolute Gasteiger partial charge is 0.322 e. The molecule has 28 heavy (non-hydrogen) atoms. The van der Waals surface area contributed by atoms with Gasteiger partial charge in [-0.1, -0.05) is 54.6 Å². The first-order valence-electron chi connectivity index (χ1n) is 8.86. The van der Waals surface area contributed by atoms with Crippen LogP contribution in [0.25, 0.3) is 11.1 Å². The Labute approximate surface area is 162 Å². The zero-order valence-corrected chi connectivity index (χ0v) is 15.3. The van der Waals surface area contributed by atoms with Crippen LogP contribution in [0.2, 0.25) is 0 Å². The molecule has 1 fully saturated rings. The Kier molecular flexibility index (Phi) is 5.54. The Bertz CT molecular complexity index is 908. The fraction of sp³-hybridized carbons (Fsp3) is 0.238. The number of hydrogen-bond acceptors (Lipinski definition) is 4. The third-order valence-electron chi connectivity index (χ3n) is 4.78. The second-order valence-corrected chi connectivity index (χ2v) is 6.65. The summed E-state index contributed by atoms with van der Waals surface area (Å²) in [5, 5.41) is 10.8. The number of amides is 2. The molecule has 1 saturated heterocycles. The van der Waals surface area contributed by atoms with E-state index in [2.05, 4.69) is 5.32 Å². The molecule has 0 radical (unpaired) electrons. The van der Waals surface area contributed by atoms with Crippen LogP contribution in [0.5, 0.6) is 0 Å². The number of Topliss-reactive ketones (excluding diaryl/α,β-unsaturated/α-hetero) is 1. The van der Waals surface area contributed by atoms with Gasteiger partial charge in [0.1, 0.15) is 6.54 Å². The van der Waals surface area contributed by atoms with E-state index >= 15 is 0 Å². The molecule has 1 aliphatic heterocycles. The number of nitrogens with one attached hydrogen (secondary N) is 1. The molecule has 2 unspecified atom stereocenters. The molecule has 1 heterocycles. The van der Waals surface area contributed by atoms with Gasteiger partial charge in [-0.3, -0.25) is 19.2 Å². The van der Waals surface area contributed by atoms with Crippen molar-refractivity contribution in [3.05, 3.63) is 60.2 Å². The van der Waals surface area contributed by atoms with Crippen molar-refractivity contribution < 1.29 is 24.3 Å². The minimum absolute atomic E-state index is 0.198. The maximum Gasteiger partial charge on any atom is 0.322 e. The molecule has 0 aliphatic carbocycles. The van der Waals surface area contributed by atoms with Crippen LogP contribution in [0.1, 0.15) is 12.5 Å².